The number of piperidine rings is 1. The fourth-order valence-electron chi connectivity index (χ4n) is 2.37. The molecule has 0 radical (unpaired) electrons. The van der Waals surface area contributed by atoms with E-state index in [1.54, 1.807) is 12.1 Å². The molecule has 6 heteroatoms. The van der Waals surface area contributed by atoms with E-state index in [4.69, 9.17) is 4.74 Å². The highest BCUT2D eigenvalue weighted by Crippen LogP contribution is 2.32. The number of β-amino-alcohol motifs (C(OH)–C–C–N with tert-alkyl or cyclic N) is 1. The molecule has 0 unspecified atom stereocenters. The molecule has 0 spiro atoms. The van der Waals surface area contributed by atoms with Crippen molar-refractivity contribution in [1.82, 2.24) is 0 Å². The highest BCUT2D eigenvalue weighted by Gasteiger charge is 2.21. The number of aliphatic hydroxyl groups excluding tert-OH is 1. The first-order chi connectivity index (χ1) is 9.61. The minimum absolute atomic E-state index is 0.0141. The summed E-state index contributed by atoms with van der Waals surface area (Å²) >= 11 is 0. The number of nitrogens with zero attached hydrogens (tertiary/aromatic N) is 2. The number of nitro groups is 1. The van der Waals surface area contributed by atoms with Gasteiger partial charge in [0, 0.05) is 30.9 Å². The summed E-state index contributed by atoms with van der Waals surface area (Å²) in [7, 11) is 0. The molecule has 1 aromatic rings. The van der Waals surface area contributed by atoms with Gasteiger partial charge in [0.1, 0.15) is 0 Å². The van der Waals surface area contributed by atoms with Gasteiger partial charge >= 0.3 is 5.69 Å². The summed E-state index contributed by atoms with van der Waals surface area (Å²) in [6.07, 6.45) is 2.19. The number of hydrogen-bond acceptors (Lipinski definition) is 5. The molecule has 0 amide bonds. The van der Waals surface area contributed by atoms with Gasteiger partial charge in [-0.3, -0.25) is 10.1 Å². The predicted octanol–water partition coefficient (Wildman–Crippen LogP) is 2.34. The first-order valence-electron chi connectivity index (χ1n) is 6.96. The van der Waals surface area contributed by atoms with Crippen LogP contribution < -0.4 is 9.64 Å². The third kappa shape index (κ3) is 3.39. The smallest absolute Gasteiger partial charge is 0.311 e. The highest BCUT2D eigenvalue weighted by molar-refractivity contribution is 5.59. The van der Waals surface area contributed by atoms with Crippen LogP contribution in [0.1, 0.15) is 26.2 Å². The van der Waals surface area contributed by atoms with E-state index in [0.29, 0.717) is 18.9 Å². The normalized spacial score (nSPS) is 18.9. The van der Waals surface area contributed by atoms with Gasteiger partial charge in [-0.05, 0) is 25.3 Å². The van der Waals surface area contributed by atoms with Crippen LogP contribution in [-0.4, -0.2) is 35.8 Å². The van der Waals surface area contributed by atoms with E-state index in [0.717, 1.165) is 31.5 Å². The van der Waals surface area contributed by atoms with Gasteiger partial charge in [-0.15, -0.1) is 0 Å². The van der Waals surface area contributed by atoms with Gasteiger partial charge in [0.15, 0.2) is 5.75 Å². The van der Waals surface area contributed by atoms with Crippen LogP contribution in [0.4, 0.5) is 11.4 Å². The van der Waals surface area contributed by atoms with E-state index in [1.165, 1.54) is 6.07 Å². The summed E-state index contributed by atoms with van der Waals surface area (Å²) < 4.78 is 5.48. The van der Waals surface area contributed by atoms with Gasteiger partial charge < -0.3 is 14.7 Å². The molecule has 0 aliphatic carbocycles. The topological polar surface area (TPSA) is 75.8 Å². The second kappa shape index (κ2) is 6.56. The highest BCUT2D eigenvalue weighted by atomic mass is 16.6. The van der Waals surface area contributed by atoms with Gasteiger partial charge in [-0.2, -0.15) is 0 Å². The lowest BCUT2D eigenvalue weighted by molar-refractivity contribution is -0.385. The van der Waals surface area contributed by atoms with Crippen molar-refractivity contribution in [2.45, 2.75) is 32.3 Å². The molecule has 1 heterocycles. The van der Waals surface area contributed by atoms with Crippen LogP contribution in [0.5, 0.6) is 5.75 Å². The fraction of sp³-hybridized carbons (Fsp3) is 0.571. The Morgan fingerprint density at radius 1 is 1.55 bits per heavy atom. The maximum atomic E-state index is 11.0. The van der Waals surface area contributed by atoms with Crippen LogP contribution >= 0.6 is 0 Å². The lowest BCUT2D eigenvalue weighted by Gasteiger charge is -2.32. The molecule has 0 aromatic heterocycles. The predicted molar refractivity (Wildman–Crippen MR) is 76.3 cm³/mol. The second-order valence-corrected chi connectivity index (χ2v) is 5.00. The molecular formula is C14H20N2O4. The molecule has 0 bridgehead atoms. The van der Waals surface area contributed by atoms with Crippen molar-refractivity contribution in [3.8, 4) is 5.75 Å². The van der Waals surface area contributed by atoms with Gasteiger partial charge in [0.2, 0.25) is 0 Å². The molecular weight excluding hydrogens is 260 g/mol. The number of benzene rings is 1. The van der Waals surface area contributed by atoms with Gasteiger partial charge in [0.05, 0.1) is 17.6 Å². The van der Waals surface area contributed by atoms with Gasteiger partial charge in [-0.1, -0.05) is 6.92 Å². The third-order valence-corrected chi connectivity index (χ3v) is 3.36. The zero-order valence-electron chi connectivity index (χ0n) is 11.6. The van der Waals surface area contributed by atoms with Crippen molar-refractivity contribution in [1.29, 1.82) is 0 Å². The molecule has 1 aromatic carbocycles. The number of nitro benzene ring substituents is 1. The standard InChI is InChI=1S/C14H20N2O4/c1-2-8-20-14-9-11(5-6-13(14)16(18)19)15-7-3-4-12(17)10-15/h5-6,9,12,17H,2-4,7-8,10H2,1H3/t12-/m0/s1. The molecule has 110 valence electrons. The maximum absolute atomic E-state index is 11.0. The summed E-state index contributed by atoms with van der Waals surface area (Å²) in [6.45, 7) is 3.82. The Hall–Kier alpha value is -1.82. The van der Waals surface area contributed by atoms with E-state index in [9.17, 15) is 15.2 Å². The van der Waals surface area contributed by atoms with Crippen molar-refractivity contribution in [2.75, 3.05) is 24.6 Å². The average molecular weight is 280 g/mol. The third-order valence-electron chi connectivity index (χ3n) is 3.36. The number of aliphatic hydroxyl groups is 1. The van der Waals surface area contributed by atoms with Crippen molar-refractivity contribution in [3.63, 3.8) is 0 Å². The summed E-state index contributed by atoms with van der Waals surface area (Å²) in [5.41, 5.74) is 0.847. The largest absolute Gasteiger partial charge is 0.487 e. The number of ether oxygens (including phenoxy) is 1. The van der Waals surface area contributed by atoms with Gasteiger partial charge in [-0.25, -0.2) is 0 Å². The molecule has 2 rings (SSSR count). The Labute approximate surface area is 118 Å². The molecule has 20 heavy (non-hydrogen) atoms. The number of anilines is 1. The minimum Gasteiger partial charge on any atom is -0.487 e. The molecule has 0 saturated carbocycles. The molecule has 6 nitrogen and oxygen atoms in total. The average Bonchev–Trinajstić information content (AvgIpc) is 2.44. The van der Waals surface area contributed by atoms with Crippen molar-refractivity contribution in [2.24, 2.45) is 0 Å². The van der Waals surface area contributed by atoms with Crippen LogP contribution in [0.25, 0.3) is 0 Å². The zero-order valence-corrected chi connectivity index (χ0v) is 11.6. The van der Waals surface area contributed by atoms with Crippen LogP contribution in [0.2, 0.25) is 0 Å². The quantitative estimate of drug-likeness (QED) is 0.662. The number of rotatable bonds is 5. The lowest BCUT2D eigenvalue weighted by atomic mass is 10.1. The molecule has 1 aliphatic heterocycles. The molecule has 1 atom stereocenters. The molecule has 1 N–H and O–H groups in total. The first-order valence-corrected chi connectivity index (χ1v) is 6.96. The Morgan fingerprint density at radius 2 is 2.35 bits per heavy atom. The number of hydrogen-bond donors (Lipinski definition) is 1. The molecule has 1 saturated heterocycles. The lowest BCUT2D eigenvalue weighted by Crippen LogP contribution is -2.38. The second-order valence-electron chi connectivity index (χ2n) is 5.00. The molecule has 1 fully saturated rings. The van der Waals surface area contributed by atoms with Crippen LogP contribution in [0.15, 0.2) is 18.2 Å². The summed E-state index contributed by atoms with van der Waals surface area (Å²) in [5, 5.41) is 20.7. The van der Waals surface area contributed by atoms with E-state index < -0.39 is 4.92 Å². The van der Waals surface area contributed by atoms with E-state index >= 15 is 0 Å². The van der Waals surface area contributed by atoms with Crippen molar-refractivity contribution in [3.05, 3.63) is 28.3 Å². The summed E-state index contributed by atoms with van der Waals surface area (Å²) in [4.78, 5) is 12.6. The van der Waals surface area contributed by atoms with Crippen molar-refractivity contribution >= 4 is 11.4 Å². The Kier molecular flexibility index (Phi) is 4.79. The van der Waals surface area contributed by atoms with E-state index in [-0.39, 0.29) is 11.8 Å². The Morgan fingerprint density at radius 3 is 3.00 bits per heavy atom. The fourth-order valence-corrected chi connectivity index (χ4v) is 2.37. The monoisotopic (exact) mass is 280 g/mol. The summed E-state index contributed by atoms with van der Waals surface area (Å²) in [5.74, 6) is 0.300. The summed E-state index contributed by atoms with van der Waals surface area (Å²) in [6, 6.07) is 4.89. The van der Waals surface area contributed by atoms with Gasteiger partial charge in [0.25, 0.3) is 0 Å². The van der Waals surface area contributed by atoms with E-state index in [1.807, 2.05) is 11.8 Å². The Balaban J connectivity index is 2.23. The van der Waals surface area contributed by atoms with Crippen LogP contribution in [0.3, 0.4) is 0 Å². The maximum Gasteiger partial charge on any atom is 0.311 e. The van der Waals surface area contributed by atoms with Crippen LogP contribution in [0, 0.1) is 10.1 Å². The van der Waals surface area contributed by atoms with E-state index in [2.05, 4.69) is 0 Å². The SMILES string of the molecule is CCCOc1cc(N2CCC[C@H](O)C2)ccc1[N+](=O)[O-]. The zero-order chi connectivity index (χ0) is 14.5. The minimum atomic E-state index is -0.431. The Bertz CT molecular complexity index is 478. The first kappa shape index (κ1) is 14.6. The molecule has 1 aliphatic rings. The van der Waals surface area contributed by atoms with Crippen molar-refractivity contribution < 1.29 is 14.8 Å². The van der Waals surface area contributed by atoms with Crippen LogP contribution in [-0.2, 0) is 0 Å².